The summed E-state index contributed by atoms with van der Waals surface area (Å²) in [5.74, 6) is -2.49. The minimum Gasteiger partial charge on any atom is -0.353 e. The van der Waals surface area contributed by atoms with Crippen molar-refractivity contribution in [1.82, 2.24) is 0 Å². The van der Waals surface area contributed by atoms with Crippen LogP contribution in [0.25, 0.3) is 11.1 Å². The number of rotatable bonds is 5. The molecule has 2 atom stereocenters. The highest BCUT2D eigenvalue weighted by atomic mass is 19.2. The fraction of sp³-hybridized carbons (Fsp3) is 0.429. The summed E-state index contributed by atoms with van der Waals surface area (Å²) in [4.78, 5) is 0. The molecule has 0 saturated carbocycles. The molecule has 1 fully saturated rings. The molecule has 2 aromatic rings. The molecular weight excluding hydrogens is 341 g/mol. The topological polar surface area (TPSA) is 18.5 Å². The summed E-state index contributed by atoms with van der Waals surface area (Å²) in [6.45, 7) is 4.56. The van der Waals surface area contributed by atoms with E-state index in [1.807, 2.05) is 6.92 Å². The van der Waals surface area contributed by atoms with Gasteiger partial charge >= 0.3 is 0 Å². The van der Waals surface area contributed by atoms with E-state index >= 15 is 0 Å². The van der Waals surface area contributed by atoms with Crippen molar-refractivity contribution in [2.24, 2.45) is 0 Å². The highest BCUT2D eigenvalue weighted by Gasteiger charge is 2.27. The predicted molar refractivity (Wildman–Crippen MR) is 94.4 cm³/mol. The highest BCUT2D eigenvalue weighted by Crippen LogP contribution is 2.34. The average molecular weight is 364 g/mol. The standard InChI is InChI=1S/C21H23F3O2/c1-3-10-25-19-9-6-15(12-26-19)17-8-7-16(20(23)21(17)24)14-5-4-13(2)18(22)11-14/h4-5,7-8,11,15,19H,3,6,9-10,12H2,1-2H3. The molecule has 0 bridgehead atoms. The average Bonchev–Trinajstić information content (AvgIpc) is 2.65. The van der Waals surface area contributed by atoms with E-state index in [0.717, 1.165) is 6.42 Å². The van der Waals surface area contributed by atoms with Crippen molar-refractivity contribution in [3.8, 4) is 11.1 Å². The Morgan fingerprint density at radius 1 is 1.08 bits per heavy atom. The molecule has 1 aliphatic rings. The Hall–Kier alpha value is -1.85. The van der Waals surface area contributed by atoms with Gasteiger partial charge in [0.15, 0.2) is 17.9 Å². The van der Waals surface area contributed by atoms with E-state index in [2.05, 4.69) is 0 Å². The lowest BCUT2D eigenvalue weighted by Gasteiger charge is -2.29. The maximum atomic E-state index is 14.7. The second-order valence-corrected chi connectivity index (χ2v) is 6.70. The van der Waals surface area contributed by atoms with Crippen LogP contribution in [0.15, 0.2) is 30.3 Å². The van der Waals surface area contributed by atoms with E-state index in [1.165, 1.54) is 12.1 Å². The Bertz CT molecular complexity index is 768. The lowest BCUT2D eigenvalue weighted by atomic mass is 9.90. The van der Waals surface area contributed by atoms with Gasteiger partial charge in [-0.15, -0.1) is 0 Å². The SMILES string of the molecule is CCCOC1CCC(c2ccc(-c3ccc(C)c(F)c3)c(F)c2F)CO1. The third kappa shape index (κ3) is 3.94. The van der Waals surface area contributed by atoms with Crippen LogP contribution in [-0.4, -0.2) is 19.5 Å². The zero-order valence-corrected chi connectivity index (χ0v) is 15.0. The number of benzene rings is 2. The predicted octanol–water partition coefficient (Wildman–Crippen LogP) is 5.73. The largest absolute Gasteiger partial charge is 0.353 e. The first-order valence-electron chi connectivity index (χ1n) is 8.98. The maximum absolute atomic E-state index is 14.7. The van der Waals surface area contributed by atoms with Crippen molar-refractivity contribution < 1.29 is 22.6 Å². The van der Waals surface area contributed by atoms with Crippen molar-refractivity contribution in [2.45, 2.75) is 45.3 Å². The van der Waals surface area contributed by atoms with Crippen LogP contribution in [0.5, 0.6) is 0 Å². The molecule has 1 heterocycles. The van der Waals surface area contributed by atoms with Crippen molar-refractivity contribution in [3.05, 3.63) is 58.9 Å². The van der Waals surface area contributed by atoms with Gasteiger partial charge in [0, 0.05) is 18.1 Å². The van der Waals surface area contributed by atoms with Crippen molar-refractivity contribution in [1.29, 1.82) is 0 Å². The Morgan fingerprint density at radius 2 is 1.88 bits per heavy atom. The Labute approximate surface area is 151 Å². The van der Waals surface area contributed by atoms with Crippen molar-refractivity contribution >= 4 is 0 Å². The molecule has 2 unspecified atom stereocenters. The van der Waals surface area contributed by atoms with Crippen LogP contribution in [0.2, 0.25) is 0 Å². The molecule has 0 N–H and O–H groups in total. The summed E-state index contributed by atoms with van der Waals surface area (Å²) in [6.07, 6.45) is 1.96. The van der Waals surface area contributed by atoms with Gasteiger partial charge in [-0.05, 0) is 48.9 Å². The summed E-state index contributed by atoms with van der Waals surface area (Å²) < 4.78 is 54.2. The van der Waals surface area contributed by atoms with Gasteiger partial charge in [-0.3, -0.25) is 0 Å². The van der Waals surface area contributed by atoms with E-state index in [9.17, 15) is 13.2 Å². The fourth-order valence-electron chi connectivity index (χ4n) is 3.22. The van der Waals surface area contributed by atoms with Crippen LogP contribution in [0, 0.1) is 24.4 Å². The summed E-state index contributed by atoms with van der Waals surface area (Å²) in [6, 6.07) is 7.47. The van der Waals surface area contributed by atoms with E-state index in [4.69, 9.17) is 9.47 Å². The van der Waals surface area contributed by atoms with E-state index in [-0.39, 0.29) is 17.8 Å². The summed E-state index contributed by atoms with van der Waals surface area (Å²) >= 11 is 0. The van der Waals surface area contributed by atoms with Gasteiger partial charge in [0.1, 0.15) is 5.82 Å². The van der Waals surface area contributed by atoms with Gasteiger partial charge < -0.3 is 9.47 Å². The Morgan fingerprint density at radius 3 is 2.54 bits per heavy atom. The minimum absolute atomic E-state index is 0.0611. The number of ether oxygens (including phenoxy) is 2. The number of aryl methyl sites for hydroxylation is 1. The molecule has 2 nitrogen and oxygen atoms in total. The fourth-order valence-corrected chi connectivity index (χ4v) is 3.22. The molecule has 3 rings (SSSR count). The molecule has 0 aromatic heterocycles. The van der Waals surface area contributed by atoms with Gasteiger partial charge in [-0.2, -0.15) is 0 Å². The zero-order valence-electron chi connectivity index (χ0n) is 15.0. The normalized spacial score (nSPS) is 20.3. The first-order chi connectivity index (χ1) is 12.5. The summed E-state index contributed by atoms with van der Waals surface area (Å²) in [5, 5.41) is 0. The molecule has 1 aliphatic heterocycles. The molecule has 0 radical (unpaired) electrons. The molecule has 5 heteroatoms. The monoisotopic (exact) mass is 364 g/mol. The molecule has 0 spiro atoms. The van der Waals surface area contributed by atoms with Crippen LogP contribution >= 0.6 is 0 Å². The lowest BCUT2D eigenvalue weighted by molar-refractivity contribution is -0.167. The summed E-state index contributed by atoms with van der Waals surface area (Å²) in [5.41, 5.74) is 1.15. The smallest absolute Gasteiger partial charge is 0.166 e. The Kier molecular flexibility index (Phi) is 5.99. The van der Waals surface area contributed by atoms with Crippen LogP contribution in [0.3, 0.4) is 0 Å². The highest BCUT2D eigenvalue weighted by molar-refractivity contribution is 5.65. The van der Waals surface area contributed by atoms with E-state index in [1.54, 1.807) is 25.1 Å². The third-order valence-electron chi connectivity index (χ3n) is 4.78. The molecule has 26 heavy (non-hydrogen) atoms. The second-order valence-electron chi connectivity index (χ2n) is 6.70. The molecule has 2 aromatic carbocycles. The van der Waals surface area contributed by atoms with E-state index < -0.39 is 17.5 Å². The van der Waals surface area contributed by atoms with Gasteiger partial charge in [-0.25, -0.2) is 13.2 Å². The number of hydrogen-bond acceptors (Lipinski definition) is 2. The Balaban J connectivity index is 1.79. The molecular formula is C21H23F3O2. The van der Waals surface area contributed by atoms with Crippen molar-refractivity contribution in [3.63, 3.8) is 0 Å². The number of hydrogen-bond donors (Lipinski definition) is 0. The summed E-state index contributed by atoms with van der Waals surface area (Å²) in [7, 11) is 0. The first kappa shape index (κ1) is 18.9. The molecule has 140 valence electrons. The van der Waals surface area contributed by atoms with Crippen LogP contribution in [-0.2, 0) is 9.47 Å². The van der Waals surface area contributed by atoms with Crippen LogP contribution in [0.1, 0.15) is 43.2 Å². The molecule has 0 aliphatic carbocycles. The van der Waals surface area contributed by atoms with Gasteiger partial charge in [0.05, 0.1) is 6.61 Å². The van der Waals surface area contributed by atoms with Crippen LogP contribution < -0.4 is 0 Å². The zero-order chi connectivity index (χ0) is 18.7. The third-order valence-corrected chi connectivity index (χ3v) is 4.78. The van der Waals surface area contributed by atoms with Crippen LogP contribution in [0.4, 0.5) is 13.2 Å². The quantitative estimate of drug-likeness (QED) is 0.675. The van der Waals surface area contributed by atoms with Gasteiger partial charge in [0.25, 0.3) is 0 Å². The lowest BCUT2D eigenvalue weighted by Crippen LogP contribution is -2.28. The number of halogens is 3. The second kappa shape index (κ2) is 8.23. The van der Waals surface area contributed by atoms with Gasteiger partial charge in [-0.1, -0.05) is 31.2 Å². The van der Waals surface area contributed by atoms with Gasteiger partial charge in [0.2, 0.25) is 0 Å². The van der Waals surface area contributed by atoms with Crippen molar-refractivity contribution in [2.75, 3.05) is 13.2 Å². The van der Waals surface area contributed by atoms with E-state index in [0.29, 0.717) is 42.7 Å². The minimum atomic E-state index is -0.949. The maximum Gasteiger partial charge on any atom is 0.166 e. The molecule has 1 saturated heterocycles. The molecule has 0 amide bonds. The first-order valence-corrected chi connectivity index (χ1v) is 8.98.